The van der Waals surface area contributed by atoms with E-state index in [-0.39, 0.29) is 29.3 Å². The Hall–Kier alpha value is -2.01. The van der Waals surface area contributed by atoms with E-state index in [1.807, 2.05) is 19.2 Å². The Labute approximate surface area is 197 Å². The molecule has 1 aromatic rings. The molecule has 176 valence electrons. The van der Waals surface area contributed by atoms with Crippen molar-refractivity contribution >= 4 is 23.6 Å². The third-order valence-electron chi connectivity index (χ3n) is 6.99. The van der Waals surface area contributed by atoms with E-state index >= 15 is 0 Å². The summed E-state index contributed by atoms with van der Waals surface area (Å²) in [6.45, 7) is 12.9. The number of carboxylic acid groups (broad SMARTS) is 1. The molecule has 3 rings (SSSR count). The standard InChI is InChI=1S/C26H37ClN2O3/c1-16(2)21-15-29(20-10-8-18(13-20)23(30)31)24(32)28-26(21,6)19-9-7-17(22(27)14-19)11-12-25(3,4)5/h7,9,14-16,18,20H,8,10-13H2,1-6H3,(H,28,32)(H,30,31)/t18?,20?,26-/m1/s1. The third kappa shape index (κ3) is 5.14. The first-order valence-electron chi connectivity index (χ1n) is 11.7. The molecule has 1 aromatic carbocycles. The first kappa shape index (κ1) is 24.6. The summed E-state index contributed by atoms with van der Waals surface area (Å²) in [5.74, 6) is -0.959. The number of hydrogen-bond acceptors (Lipinski definition) is 2. The molecule has 1 heterocycles. The van der Waals surface area contributed by atoms with E-state index in [2.05, 4.69) is 52.1 Å². The number of carbonyl (C=O) groups excluding carboxylic acids is 1. The molecule has 6 heteroatoms. The van der Waals surface area contributed by atoms with Gasteiger partial charge in [-0.15, -0.1) is 0 Å². The average molecular weight is 461 g/mol. The smallest absolute Gasteiger partial charge is 0.322 e. The number of nitrogens with zero attached hydrogens (tertiary/aromatic N) is 1. The summed E-state index contributed by atoms with van der Waals surface area (Å²) in [7, 11) is 0. The summed E-state index contributed by atoms with van der Waals surface area (Å²) in [6, 6.07) is 5.88. The molecule has 1 fully saturated rings. The first-order valence-corrected chi connectivity index (χ1v) is 12.0. The van der Waals surface area contributed by atoms with Crippen molar-refractivity contribution in [2.75, 3.05) is 0 Å². The predicted octanol–water partition coefficient (Wildman–Crippen LogP) is 6.35. The molecular formula is C26H37ClN2O3. The van der Waals surface area contributed by atoms with Gasteiger partial charge in [0.2, 0.25) is 0 Å². The number of rotatable bonds is 6. The number of carboxylic acids is 1. The van der Waals surface area contributed by atoms with Crippen molar-refractivity contribution in [1.29, 1.82) is 0 Å². The number of nitrogens with one attached hydrogen (secondary N) is 1. The SMILES string of the molecule is CC(C)C1=CN(C2CCC(C(=O)O)C2)C(=O)N[C@]1(C)c1ccc(CCC(C)(C)C)c(Cl)c1. The maximum absolute atomic E-state index is 13.2. The van der Waals surface area contributed by atoms with Crippen LogP contribution in [-0.4, -0.2) is 28.0 Å². The van der Waals surface area contributed by atoms with Gasteiger partial charge >= 0.3 is 12.0 Å². The minimum Gasteiger partial charge on any atom is -0.481 e. The van der Waals surface area contributed by atoms with Crippen LogP contribution in [0.5, 0.6) is 0 Å². The molecule has 1 saturated carbocycles. The molecule has 5 nitrogen and oxygen atoms in total. The van der Waals surface area contributed by atoms with E-state index in [1.165, 1.54) is 0 Å². The van der Waals surface area contributed by atoms with Crippen LogP contribution in [0.3, 0.4) is 0 Å². The van der Waals surface area contributed by atoms with Crippen molar-refractivity contribution in [3.8, 4) is 0 Å². The lowest BCUT2D eigenvalue weighted by atomic mass is 9.77. The molecule has 0 aromatic heterocycles. The predicted molar refractivity (Wildman–Crippen MR) is 129 cm³/mol. The lowest BCUT2D eigenvalue weighted by molar-refractivity contribution is -0.141. The molecule has 0 bridgehead atoms. The molecule has 3 atom stereocenters. The highest BCUT2D eigenvalue weighted by Gasteiger charge is 2.43. The van der Waals surface area contributed by atoms with Gasteiger partial charge in [-0.05, 0) is 73.1 Å². The number of carbonyl (C=O) groups is 2. The van der Waals surface area contributed by atoms with Crippen LogP contribution in [0.15, 0.2) is 30.0 Å². The Morgan fingerprint density at radius 1 is 1.31 bits per heavy atom. The number of aryl methyl sites for hydroxylation is 1. The van der Waals surface area contributed by atoms with Crippen molar-refractivity contribution in [3.05, 3.63) is 46.1 Å². The maximum atomic E-state index is 13.2. The number of hydrogen-bond donors (Lipinski definition) is 2. The minimum absolute atomic E-state index is 0.0854. The van der Waals surface area contributed by atoms with Crippen molar-refractivity contribution in [2.24, 2.45) is 17.3 Å². The maximum Gasteiger partial charge on any atom is 0.322 e. The van der Waals surface area contributed by atoms with Crippen LogP contribution in [0, 0.1) is 17.3 Å². The Bertz CT molecular complexity index is 918. The van der Waals surface area contributed by atoms with E-state index < -0.39 is 11.5 Å². The number of halogens is 1. The van der Waals surface area contributed by atoms with E-state index in [9.17, 15) is 14.7 Å². The van der Waals surface area contributed by atoms with Gasteiger partial charge in [-0.3, -0.25) is 9.69 Å². The molecule has 0 radical (unpaired) electrons. The van der Waals surface area contributed by atoms with Gasteiger partial charge in [0, 0.05) is 17.3 Å². The van der Waals surface area contributed by atoms with Crippen LogP contribution in [0.2, 0.25) is 5.02 Å². The highest BCUT2D eigenvalue weighted by molar-refractivity contribution is 6.31. The fraction of sp³-hybridized carbons (Fsp3) is 0.615. The first-order chi connectivity index (χ1) is 14.8. The lowest BCUT2D eigenvalue weighted by Gasteiger charge is -2.44. The van der Waals surface area contributed by atoms with Crippen LogP contribution >= 0.6 is 11.6 Å². The fourth-order valence-corrected chi connectivity index (χ4v) is 5.21. The second-order valence-corrected chi connectivity index (χ2v) is 11.5. The normalized spacial score (nSPS) is 26.3. The number of amides is 2. The number of urea groups is 1. The largest absolute Gasteiger partial charge is 0.481 e. The Balaban J connectivity index is 1.90. The summed E-state index contributed by atoms with van der Waals surface area (Å²) in [5, 5.41) is 13.3. The molecule has 1 aliphatic heterocycles. The Morgan fingerprint density at radius 2 is 2.00 bits per heavy atom. The van der Waals surface area contributed by atoms with Gasteiger partial charge < -0.3 is 10.4 Å². The zero-order valence-corrected chi connectivity index (χ0v) is 20.9. The minimum atomic E-state index is -0.774. The van der Waals surface area contributed by atoms with Crippen molar-refractivity contribution in [1.82, 2.24) is 10.2 Å². The van der Waals surface area contributed by atoms with E-state index in [4.69, 9.17) is 11.6 Å². The molecule has 2 amide bonds. The Morgan fingerprint density at radius 3 is 2.53 bits per heavy atom. The zero-order chi connectivity index (χ0) is 23.8. The molecule has 0 spiro atoms. The van der Waals surface area contributed by atoms with Crippen LogP contribution < -0.4 is 5.32 Å². The highest BCUT2D eigenvalue weighted by atomic mass is 35.5. The van der Waals surface area contributed by atoms with Crippen LogP contribution in [-0.2, 0) is 16.8 Å². The van der Waals surface area contributed by atoms with Gasteiger partial charge in [0.05, 0.1) is 11.5 Å². The number of aliphatic carboxylic acids is 1. The fourth-order valence-electron chi connectivity index (χ4n) is 4.93. The monoisotopic (exact) mass is 460 g/mol. The molecule has 2 unspecified atom stereocenters. The molecule has 1 aliphatic carbocycles. The lowest BCUT2D eigenvalue weighted by Crippen LogP contribution is -2.56. The van der Waals surface area contributed by atoms with E-state index in [0.717, 1.165) is 34.6 Å². The van der Waals surface area contributed by atoms with Crippen LogP contribution in [0.25, 0.3) is 0 Å². The van der Waals surface area contributed by atoms with Gasteiger partial charge in [0.25, 0.3) is 0 Å². The summed E-state index contributed by atoms with van der Waals surface area (Å²) >= 11 is 6.68. The second-order valence-electron chi connectivity index (χ2n) is 11.1. The quantitative estimate of drug-likeness (QED) is 0.519. The average Bonchev–Trinajstić information content (AvgIpc) is 3.16. The van der Waals surface area contributed by atoms with Crippen molar-refractivity contribution in [2.45, 2.75) is 85.2 Å². The van der Waals surface area contributed by atoms with Gasteiger partial charge in [-0.2, -0.15) is 0 Å². The van der Waals surface area contributed by atoms with Gasteiger partial charge in [0.1, 0.15) is 0 Å². The summed E-state index contributed by atoms with van der Waals surface area (Å²) in [4.78, 5) is 26.3. The van der Waals surface area contributed by atoms with Crippen molar-refractivity contribution in [3.63, 3.8) is 0 Å². The number of benzene rings is 1. The summed E-state index contributed by atoms with van der Waals surface area (Å²) < 4.78 is 0. The summed E-state index contributed by atoms with van der Waals surface area (Å²) in [5.41, 5.74) is 2.75. The van der Waals surface area contributed by atoms with E-state index in [0.29, 0.717) is 19.3 Å². The Kier molecular flexibility index (Phi) is 6.99. The van der Waals surface area contributed by atoms with Gasteiger partial charge in [-0.1, -0.05) is 58.4 Å². The second kappa shape index (κ2) is 9.09. The summed E-state index contributed by atoms with van der Waals surface area (Å²) in [6.07, 6.45) is 5.73. The van der Waals surface area contributed by atoms with Crippen LogP contribution in [0.1, 0.15) is 78.4 Å². The zero-order valence-electron chi connectivity index (χ0n) is 20.2. The topological polar surface area (TPSA) is 69.6 Å². The molecule has 32 heavy (non-hydrogen) atoms. The van der Waals surface area contributed by atoms with E-state index in [1.54, 1.807) is 4.90 Å². The van der Waals surface area contributed by atoms with Crippen LogP contribution in [0.4, 0.5) is 4.79 Å². The third-order valence-corrected chi connectivity index (χ3v) is 7.34. The molecule has 2 N–H and O–H groups in total. The molecule has 0 saturated heterocycles. The highest BCUT2D eigenvalue weighted by Crippen LogP contribution is 2.41. The van der Waals surface area contributed by atoms with Gasteiger partial charge in [0.15, 0.2) is 0 Å². The van der Waals surface area contributed by atoms with Crippen molar-refractivity contribution < 1.29 is 14.7 Å². The molecule has 2 aliphatic rings. The molecular weight excluding hydrogens is 424 g/mol. The van der Waals surface area contributed by atoms with Gasteiger partial charge in [-0.25, -0.2) is 4.79 Å².